The third-order valence-electron chi connectivity index (χ3n) is 4.34. The van der Waals surface area contributed by atoms with Crippen LogP contribution in [0.2, 0.25) is 0 Å². The fourth-order valence-electron chi connectivity index (χ4n) is 3.23. The Morgan fingerprint density at radius 3 is 3.00 bits per heavy atom. The first-order valence-electron chi connectivity index (χ1n) is 8.17. The number of nitrogens with zero attached hydrogens (tertiary/aromatic N) is 3. The Hall–Kier alpha value is -1.36. The summed E-state index contributed by atoms with van der Waals surface area (Å²) in [5.74, 6) is 3.56. The summed E-state index contributed by atoms with van der Waals surface area (Å²) in [4.78, 5) is 11.5. The fraction of sp³-hybridized carbons (Fsp3) is 0.750. The largest absolute Gasteiger partial charge is 0.376 e. The first-order valence-corrected chi connectivity index (χ1v) is 8.17. The first-order chi connectivity index (χ1) is 10.2. The Morgan fingerprint density at radius 1 is 1.33 bits per heavy atom. The molecule has 2 unspecified atom stereocenters. The van der Waals surface area contributed by atoms with Gasteiger partial charge in [0.25, 0.3) is 0 Å². The van der Waals surface area contributed by atoms with Crippen LogP contribution in [0.5, 0.6) is 0 Å². The maximum absolute atomic E-state index is 5.65. The summed E-state index contributed by atoms with van der Waals surface area (Å²) in [6.07, 6.45) is 5.23. The molecule has 0 saturated carbocycles. The normalized spacial score (nSPS) is 26.1. The van der Waals surface area contributed by atoms with Crippen molar-refractivity contribution in [1.82, 2.24) is 9.97 Å². The molecule has 0 spiro atoms. The van der Waals surface area contributed by atoms with Crippen molar-refractivity contribution in [1.29, 1.82) is 0 Å². The summed E-state index contributed by atoms with van der Waals surface area (Å²) < 4.78 is 5.65. The molecule has 2 aliphatic heterocycles. The molecule has 1 aromatic rings. The van der Waals surface area contributed by atoms with Crippen LogP contribution in [0.4, 0.5) is 11.6 Å². The van der Waals surface area contributed by atoms with Crippen LogP contribution >= 0.6 is 0 Å². The van der Waals surface area contributed by atoms with Crippen LogP contribution in [0.25, 0.3) is 0 Å². The summed E-state index contributed by atoms with van der Waals surface area (Å²) in [7, 11) is 0. The highest BCUT2D eigenvalue weighted by atomic mass is 16.5. The maximum atomic E-state index is 5.65. The molecule has 2 aliphatic rings. The Morgan fingerprint density at radius 2 is 2.24 bits per heavy atom. The van der Waals surface area contributed by atoms with Gasteiger partial charge in [0.05, 0.1) is 6.10 Å². The third kappa shape index (κ3) is 3.84. The molecule has 5 nitrogen and oxygen atoms in total. The lowest BCUT2D eigenvalue weighted by Crippen LogP contribution is -2.35. The van der Waals surface area contributed by atoms with Gasteiger partial charge in [0.1, 0.15) is 17.5 Å². The Labute approximate surface area is 127 Å². The van der Waals surface area contributed by atoms with Crippen molar-refractivity contribution in [2.45, 2.75) is 45.6 Å². The average molecular weight is 290 g/mol. The van der Waals surface area contributed by atoms with Crippen LogP contribution in [-0.2, 0) is 4.74 Å². The van der Waals surface area contributed by atoms with Crippen LogP contribution in [0.15, 0.2) is 6.07 Å². The molecule has 116 valence electrons. The SMILES string of the molecule is Cc1nc(NCC2CCCO2)cc(N2CCCC(C)C2)n1. The van der Waals surface area contributed by atoms with E-state index in [-0.39, 0.29) is 0 Å². The number of ether oxygens (including phenoxy) is 1. The topological polar surface area (TPSA) is 50.3 Å². The van der Waals surface area contributed by atoms with Crippen LogP contribution in [0.3, 0.4) is 0 Å². The van der Waals surface area contributed by atoms with Crippen molar-refractivity contribution in [3.63, 3.8) is 0 Å². The molecule has 0 aromatic carbocycles. The van der Waals surface area contributed by atoms with Gasteiger partial charge in [0.2, 0.25) is 0 Å². The molecule has 2 fully saturated rings. The molecule has 1 N–H and O–H groups in total. The summed E-state index contributed by atoms with van der Waals surface area (Å²) in [6.45, 7) is 8.22. The van der Waals surface area contributed by atoms with Crippen molar-refractivity contribution < 1.29 is 4.74 Å². The Kier molecular flexibility index (Phi) is 4.58. The zero-order valence-electron chi connectivity index (χ0n) is 13.1. The smallest absolute Gasteiger partial charge is 0.134 e. The zero-order valence-corrected chi connectivity index (χ0v) is 13.1. The second-order valence-corrected chi connectivity index (χ2v) is 6.37. The number of aromatic nitrogens is 2. The molecule has 5 heteroatoms. The molecular weight excluding hydrogens is 264 g/mol. The fourth-order valence-corrected chi connectivity index (χ4v) is 3.23. The predicted octanol–water partition coefficient (Wildman–Crippen LogP) is 2.61. The molecule has 0 aliphatic carbocycles. The Bertz CT molecular complexity index is 473. The van der Waals surface area contributed by atoms with Gasteiger partial charge < -0.3 is 15.0 Å². The molecule has 3 rings (SSSR count). The number of hydrogen-bond acceptors (Lipinski definition) is 5. The molecule has 2 atom stereocenters. The molecule has 0 radical (unpaired) electrons. The second-order valence-electron chi connectivity index (χ2n) is 6.37. The minimum Gasteiger partial charge on any atom is -0.376 e. The first kappa shape index (κ1) is 14.6. The van der Waals surface area contributed by atoms with Crippen LogP contribution in [-0.4, -0.2) is 42.3 Å². The highest BCUT2D eigenvalue weighted by molar-refractivity contribution is 5.49. The van der Waals surface area contributed by atoms with E-state index in [9.17, 15) is 0 Å². The van der Waals surface area contributed by atoms with E-state index in [0.29, 0.717) is 6.10 Å². The molecule has 3 heterocycles. The number of hydrogen-bond donors (Lipinski definition) is 1. The maximum Gasteiger partial charge on any atom is 0.134 e. The zero-order chi connectivity index (χ0) is 14.7. The van der Waals surface area contributed by atoms with E-state index in [0.717, 1.165) is 56.0 Å². The standard InChI is InChI=1S/C16H26N4O/c1-12-5-3-7-20(11-12)16-9-15(18-13(2)19-16)17-10-14-6-4-8-21-14/h9,12,14H,3-8,10-11H2,1-2H3,(H,17,18,19). The number of nitrogens with one attached hydrogen (secondary N) is 1. The molecular formula is C16H26N4O. The van der Waals surface area contributed by atoms with E-state index in [1.54, 1.807) is 0 Å². The van der Waals surface area contributed by atoms with Gasteiger partial charge in [-0.1, -0.05) is 6.92 Å². The van der Waals surface area contributed by atoms with Gasteiger partial charge in [-0.15, -0.1) is 0 Å². The van der Waals surface area contributed by atoms with E-state index in [4.69, 9.17) is 4.74 Å². The highest BCUT2D eigenvalue weighted by Crippen LogP contribution is 2.23. The van der Waals surface area contributed by atoms with Gasteiger partial charge in [-0.05, 0) is 38.5 Å². The van der Waals surface area contributed by atoms with E-state index in [2.05, 4.69) is 33.2 Å². The van der Waals surface area contributed by atoms with Crippen molar-refractivity contribution in [3.05, 3.63) is 11.9 Å². The third-order valence-corrected chi connectivity index (χ3v) is 4.34. The summed E-state index contributed by atoms with van der Waals surface area (Å²) in [6, 6.07) is 2.08. The number of piperidine rings is 1. The molecule has 0 amide bonds. The second kappa shape index (κ2) is 6.60. The monoisotopic (exact) mass is 290 g/mol. The van der Waals surface area contributed by atoms with Crippen molar-refractivity contribution in [2.75, 3.05) is 36.5 Å². The quantitative estimate of drug-likeness (QED) is 0.923. The number of aryl methyl sites for hydroxylation is 1. The van der Waals surface area contributed by atoms with Gasteiger partial charge in [-0.3, -0.25) is 0 Å². The lowest BCUT2D eigenvalue weighted by molar-refractivity contribution is 0.120. The number of anilines is 2. The molecule has 21 heavy (non-hydrogen) atoms. The summed E-state index contributed by atoms with van der Waals surface area (Å²) >= 11 is 0. The van der Waals surface area contributed by atoms with Crippen LogP contribution in [0.1, 0.15) is 38.4 Å². The summed E-state index contributed by atoms with van der Waals surface area (Å²) in [5, 5.41) is 3.42. The van der Waals surface area contributed by atoms with Gasteiger partial charge in [0, 0.05) is 32.3 Å². The van der Waals surface area contributed by atoms with E-state index in [1.807, 2.05) is 6.92 Å². The Balaban J connectivity index is 1.66. The molecule has 1 aromatic heterocycles. The predicted molar refractivity (Wildman–Crippen MR) is 84.8 cm³/mol. The van der Waals surface area contributed by atoms with Gasteiger partial charge in [0.15, 0.2) is 0 Å². The van der Waals surface area contributed by atoms with E-state index < -0.39 is 0 Å². The minimum atomic E-state index is 0.332. The minimum absolute atomic E-state index is 0.332. The summed E-state index contributed by atoms with van der Waals surface area (Å²) in [5.41, 5.74) is 0. The van der Waals surface area contributed by atoms with Crippen LogP contribution in [0, 0.1) is 12.8 Å². The van der Waals surface area contributed by atoms with Crippen molar-refractivity contribution >= 4 is 11.6 Å². The highest BCUT2D eigenvalue weighted by Gasteiger charge is 2.19. The van der Waals surface area contributed by atoms with Gasteiger partial charge in [-0.2, -0.15) is 0 Å². The molecule has 2 saturated heterocycles. The van der Waals surface area contributed by atoms with Crippen molar-refractivity contribution in [3.8, 4) is 0 Å². The van der Waals surface area contributed by atoms with Crippen LogP contribution < -0.4 is 10.2 Å². The van der Waals surface area contributed by atoms with E-state index >= 15 is 0 Å². The molecule has 0 bridgehead atoms. The average Bonchev–Trinajstić information content (AvgIpc) is 2.98. The lowest BCUT2D eigenvalue weighted by Gasteiger charge is -2.32. The van der Waals surface area contributed by atoms with Gasteiger partial charge >= 0.3 is 0 Å². The number of rotatable bonds is 4. The lowest BCUT2D eigenvalue weighted by atomic mass is 10.0. The van der Waals surface area contributed by atoms with Gasteiger partial charge in [-0.25, -0.2) is 9.97 Å². The van der Waals surface area contributed by atoms with E-state index in [1.165, 1.54) is 19.3 Å². The van der Waals surface area contributed by atoms with Crippen molar-refractivity contribution in [2.24, 2.45) is 5.92 Å².